The van der Waals surface area contributed by atoms with Crippen LogP contribution in [0.25, 0.3) is 11.2 Å². The highest BCUT2D eigenvalue weighted by Gasteiger charge is 2.58. The van der Waals surface area contributed by atoms with E-state index in [9.17, 15) is 0 Å². The Balaban J connectivity index is 1.60. The maximum Gasteiger partial charge on any atom is 0.256 e. The molecule has 0 saturated heterocycles. The van der Waals surface area contributed by atoms with E-state index in [-0.39, 0.29) is 10.8 Å². The number of halogens is 1. The molecule has 6 rings (SSSR count). The topological polar surface area (TPSA) is 82.7 Å². The van der Waals surface area contributed by atoms with Crippen molar-refractivity contribution in [1.82, 2.24) is 29.3 Å². The Kier molecular flexibility index (Phi) is 2.69. The molecule has 0 atom stereocenters. The van der Waals surface area contributed by atoms with Crippen LogP contribution in [0.1, 0.15) is 19.3 Å². The number of rotatable bonds is 4. The van der Waals surface area contributed by atoms with Gasteiger partial charge in [0.2, 0.25) is 5.28 Å². The number of aryl methyl sites for hydroxylation is 1. The second-order valence-corrected chi connectivity index (χ2v) is 7.02. The van der Waals surface area contributed by atoms with Crippen LogP contribution in [0.2, 0.25) is 5.28 Å². The van der Waals surface area contributed by atoms with Gasteiger partial charge in [0.1, 0.15) is 5.69 Å². The summed E-state index contributed by atoms with van der Waals surface area (Å²) in [6.07, 6.45) is 7.30. The molecule has 0 unspecified atom stereocenters. The van der Waals surface area contributed by atoms with E-state index in [2.05, 4.69) is 29.9 Å². The summed E-state index contributed by atoms with van der Waals surface area (Å²) in [7, 11) is 3.40. The van der Waals surface area contributed by atoms with Crippen LogP contribution < -0.4 is 10.1 Å². The van der Waals surface area contributed by atoms with Crippen LogP contribution in [-0.4, -0.2) is 36.4 Å². The predicted molar refractivity (Wildman–Crippen MR) is 88.7 cm³/mol. The van der Waals surface area contributed by atoms with Crippen LogP contribution in [-0.2, 0) is 12.6 Å². The molecular weight excluding hydrogens is 330 g/mol. The normalized spacial score (nSPS) is 24.5. The quantitative estimate of drug-likeness (QED) is 0.731. The fraction of sp³-hybridized carbons (Fsp3) is 0.467. The van der Waals surface area contributed by atoms with Crippen molar-refractivity contribution in [1.29, 1.82) is 0 Å². The third kappa shape index (κ3) is 1.80. The first-order valence-corrected chi connectivity index (χ1v) is 8.21. The Morgan fingerprint density at radius 3 is 2.79 bits per heavy atom. The van der Waals surface area contributed by atoms with Gasteiger partial charge in [-0.25, -0.2) is 4.98 Å². The molecule has 3 aliphatic carbocycles. The lowest BCUT2D eigenvalue weighted by molar-refractivity contribution is -0.0862. The second kappa shape index (κ2) is 4.60. The summed E-state index contributed by atoms with van der Waals surface area (Å²) in [5, 5.41) is 7.65. The average molecular weight is 346 g/mol. The molecule has 124 valence electrons. The molecule has 0 amide bonds. The van der Waals surface area contributed by atoms with Gasteiger partial charge < -0.3 is 14.6 Å². The van der Waals surface area contributed by atoms with Crippen molar-refractivity contribution in [3.05, 3.63) is 17.8 Å². The number of fused-ring (bicyclic) bond motifs is 1. The molecule has 0 aliphatic heterocycles. The fourth-order valence-electron chi connectivity index (χ4n) is 3.87. The first-order valence-electron chi connectivity index (χ1n) is 7.84. The van der Waals surface area contributed by atoms with Crippen molar-refractivity contribution in [3.8, 4) is 5.88 Å². The molecule has 3 aromatic heterocycles. The minimum atomic E-state index is 0.195. The fourth-order valence-corrected chi connectivity index (χ4v) is 4.03. The lowest BCUT2D eigenvalue weighted by atomic mass is 9.50. The van der Waals surface area contributed by atoms with Gasteiger partial charge in [-0.3, -0.25) is 4.68 Å². The Morgan fingerprint density at radius 1 is 1.33 bits per heavy atom. The average Bonchev–Trinajstić information content (AvgIpc) is 3.00. The van der Waals surface area contributed by atoms with Gasteiger partial charge in [0.05, 0.1) is 19.6 Å². The minimum Gasteiger partial charge on any atom is -0.478 e. The molecule has 8 nitrogen and oxygen atoms in total. The second-order valence-electron chi connectivity index (χ2n) is 6.68. The molecule has 3 fully saturated rings. The number of hydrogen-bond acceptors (Lipinski definition) is 6. The van der Waals surface area contributed by atoms with Crippen molar-refractivity contribution in [2.24, 2.45) is 13.0 Å². The van der Waals surface area contributed by atoms with Crippen LogP contribution in [0, 0.1) is 5.92 Å². The van der Waals surface area contributed by atoms with E-state index in [1.807, 2.05) is 19.6 Å². The van der Waals surface area contributed by atoms with Crippen molar-refractivity contribution in [2.75, 3.05) is 12.4 Å². The molecule has 3 aliphatic rings. The number of nitrogens with zero attached hydrogens (tertiary/aromatic N) is 6. The highest BCUT2D eigenvalue weighted by atomic mass is 35.5. The van der Waals surface area contributed by atoms with Gasteiger partial charge in [-0.2, -0.15) is 9.97 Å². The molecule has 2 bridgehead atoms. The van der Waals surface area contributed by atoms with Gasteiger partial charge >= 0.3 is 0 Å². The number of nitrogens with one attached hydrogen (secondary N) is 1. The molecule has 24 heavy (non-hydrogen) atoms. The molecule has 1 N–H and O–H groups in total. The summed E-state index contributed by atoms with van der Waals surface area (Å²) < 4.78 is 9.11. The number of hydrogen-bond donors (Lipinski definition) is 1. The third-order valence-electron chi connectivity index (χ3n) is 5.13. The van der Waals surface area contributed by atoms with Crippen molar-refractivity contribution in [3.63, 3.8) is 0 Å². The largest absolute Gasteiger partial charge is 0.478 e. The number of anilines is 2. The van der Waals surface area contributed by atoms with Crippen LogP contribution >= 0.6 is 11.6 Å². The molecular formula is C15H16ClN7O. The first-order chi connectivity index (χ1) is 11.6. The maximum absolute atomic E-state index is 6.17. The van der Waals surface area contributed by atoms with Gasteiger partial charge in [0.25, 0.3) is 5.88 Å². The smallest absolute Gasteiger partial charge is 0.256 e. The zero-order valence-corrected chi connectivity index (χ0v) is 14.1. The van der Waals surface area contributed by atoms with Gasteiger partial charge in [-0.05, 0) is 36.8 Å². The maximum atomic E-state index is 6.17. The Bertz CT molecular complexity index is 945. The SMILES string of the molecule is COc1nn(C)cc1Nc1nc(Cl)nc2c1ncn2C12CC(C1)C2. The predicted octanol–water partition coefficient (Wildman–Crippen LogP) is 2.47. The molecule has 3 saturated carbocycles. The third-order valence-corrected chi connectivity index (χ3v) is 5.30. The van der Waals surface area contributed by atoms with Gasteiger partial charge in [-0.1, -0.05) is 0 Å². The zero-order chi connectivity index (χ0) is 16.5. The Labute approximate surface area is 142 Å². The van der Waals surface area contributed by atoms with Crippen molar-refractivity contribution >= 4 is 34.3 Å². The summed E-state index contributed by atoms with van der Waals surface area (Å²) >= 11 is 6.17. The summed E-state index contributed by atoms with van der Waals surface area (Å²) in [6, 6.07) is 0. The van der Waals surface area contributed by atoms with Gasteiger partial charge in [0.15, 0.2) is 17.0 Å². The first kappa shape index (κ1) is 14.0. The highest BCUT2D eigenvalue weighted by Crippen LogP contribution is 2.62. The summed E-state index contributed by atoms with van der Waals surface area (Å²) in [6.45, 7) is 0. The van der Waals surface area contributed by atoms with Crippen LogP contribution in [0.15, 0.2) is 12.5 Å². The summed E-state index contributed by atoms with van der Waals surface area (Å²) in [4.78, 5) is 13.3. The molecule has 3 aromatic rings. The van der Waals surface area contributed by atoms with Crippen LogP contribution in [0.3, 0.4) is 0 Å². The highest BCUT2D eigenvalue weighted by molar-refractivity contribution is 6.28. The van der Waals surface area contributed by atoms with E-state index in [1.165, 1.54) is 19.3 Å². The van der Waals surface area contributed by atoms with E-state index in [1.54, 1.807) is 11.8 Å². The standard InChI is InChI=1S/C15H16ClN7O/c1-22-6-9(13(21-22)24-2)18-11-10-12(20-14(16)19-11)23(7-17-10)15-3-8(4-15)5-15/h6-8H,3-5H2,1-2H3,(H,18,19,20). The summed E-state index contributed by atoms with van der Waals surface area (Å²) in [5.41, 5.74) is 2.38. The lowest BCUT2D eigenvalue weighted by Gasteiger charge is -2.62. The molecule has 0 radical (unpaired) electrons. The lowest BCUT2D eigenvalue weighted by Crippen LogP contribution is -2.59. The van der Waals surface area contributed by atoms with E-state index >= 15 is 0 Å². The molecule has 0 spiro atoms. The Morgan fingerprint density at radius 2 is 2.12 bits per heavy atom. The number of methoxy groups -OCH3 is 1. The van der Waals surface area contributed by atoms with Gasteiger partial charge in [0, 0.05) is 12.6 Å². The number of aromatic nitrogens is 6. The van der Waals surface area contributed by atoms with E-state index in [0.717, 1.165) is 11.6 Å². The summed E-state index contributed by atoms with van der Waals surface area (Å²) in [5.74, 6) is 1.91. The van der Waals surface area contributed by atoms with E-state index in [4.69, 9.17) is 16.3 Å². The van der Waals surface area contributed by atoms with E-state index in [0.29, 0.717) is 22.9 Å². The van der Waals surface area contributed by atoms with Crippen LogP contribution in [0.5, 0.6) is 5.88 Å². The monoisotopic (exact) mass is 345 g/mol. The van der Waals surface area contributed by atoms with Crippen molar-refractivity contribution in [2.45, 2.75) is 24.8 Å². The van der Waals surface area contributed by atoms with E-state index < -0.39 is 0 Å². The Hall–Kier alpha value is -2.35. The number of ether oxygens (including phenoxy) is 1. The minimum absolute atomic E-state index is 0.195. The van der Waals surface area contributed by atoms with Crippen molar-refractivity contribution < 1.29 is 4.74 Å². The zero-order valence-electron chi connectivity index (χ0n) is 13.3. The molecule has 0 aromatic carbocycles. The molecule has 3 heterocycles. The molecule has 9 heteroatoms. The van der Waals surface area contributed by atoms with Gasteiger partial charge in [-0.15, -0.1) is 5.10 Å². The van der Waals surface area contributed by atoms with Crippen LogP contribution in [0.4, 0.5) is 11.5 Å². The number of imidazole rings is 1.